The van der Waals surface area contributed by atoms with Crippen LogP contribution in [0.3, 0.4) is 0 Å². The zero-order valence-electron chi connectivity index (χ0n) is 22.9. The molecule has 0 atom stereocenters. The van der Waals surface area contributed by atoms with Crippen LogP contribution in [0.15, 0.2) is 0 Å². The van der Waals surface area contributed by atoms with Gasteiger partial charge in [0.25, 0.3) is 0 Å². The lowest BCUT2D eigenvalue weighted by atomic mass is 9.97. The summed E-state index contributed by atoms with van der Waals surface area (Å²) >= 11 is 0. The first-order valence-corrected chi connectivity index (χ1v) is 12.7. The number of ether oxygens (including phenoxy) is 2. The van der Waals surface area contributed by atoms with Gasteiger partial charge >= 0.3 is 11.9 Å². The largest absolute Gasteiger partial charge is 0.466 e. The van der Waals surface area contributed by atoms with Gasteiger partial charge in [0.05, 0.1) is 19.1 Å². The first-order chi connectivity index (χ1) is 15.0. The van der Waals surface area contributed by atoms with Gasteiger partial charge in [-0.05, 0) is 72.9 Å². The number of piperidine rings is 1. The van der Waals surface area contributed by atoms with Gasteiger partial charge in [-0.2, -0.15) is 0 Å². The van der Waals surface area contributed by atoms with E-state index in [9.17, 15) is 9.59 Å². The molecule has 0 saturated carbocycles. The molecular weight excluding hydrogens is 392 g/mol. The molecule has 1 rings (SSSR count). The predicted molar refractivity (Wildman–Crippen MR) is 135 cm³/mol. The average Bonchev–Trinajstić information content (AvgIpc) is 2.82. The Balaban J connectivity index is -0.000000189. The third-order valence-electron chi connectivity index (χ3n) is 4.39. The molecule has 1 heterocycles. The molecule has 6 nitrogen and oxygen atoms in total. The fourth-order valence-corrected chi connectivity index (χ4v) is 2.72. The number of rotatable bonds is 9. The Labute approximate surface area is 195 Å². The molecule has 6 heteroatoms. The van der Waals surface area contributed by atoms with Crippen LogP contribution in [0, 0.1) is 5.92 Å². The Kier molecular flexibility index (Phi) is 37.2. The lowest BCUT2D eigenvalue weighted by Crippen LogP contribution is -2.34. The average molecular weight is 449 g/mol. The predicted octanol–water partition coefficient (Wildman–Crippen LogP) is 5.64. The van der Waals surface area contributed by atoms with Gasteiger partial charge in [-0.3, -0.25) is 9.59 Å². The Morgan fingerprint density at radius 3 is 1.68 bits per heavy atom. The molecule has 0 aromatic rings. The van der Waals surface area contributed by atoms with Gasteiger partial charge in [-0.1, -0.05) is 55.4 Å². The maximum absolute atomic E-state index is 11.3. The highest BCUT2D eigenvalue weighted by Gasteiger charge is 2.23. The Bertz CT molecular complexity index is 353. The van der Waals surface area contributed by atoms with Crippen molar-refractivity contribution in [1.82, 2.24) is 9.80 Å². The number of hydrogen-bond donors (Lipinski definition) is 0. The molecule has 0 amide bonds. The lowest BCUT2D eigenvalue weighted by molar-refractivity contribution is -0.149. The van der Waals surface area contributed by atoms with Gasteiger partial charge in [0.15, 0.2) is 0 Å². The van der Waals surface area contributed by atoms with Gasteiger partial charge in [-0.25, -0.2) is 0 Å². The molecule has 0 unspecified atom stereocenters. The van der Waals surface area contributed by atoms with Crippen molar-refractivity contribution < 1.29 is 19.1 Å². The maximum Gasteiger partial charge on any atom is 0.309 e. The van der Waals surface area contributed by atoms with Crippen LogP contribution in [-0.2, 0) is 19.1 Å². The van der Waals surface area contributed by atoms with E-state index in [-0.39, 0.29) is 17.9 Å². The van der Waals surface area contributed by atoms with Crippen molar-refractivity contribution in [2.45, 2.75) is 94.9 Å². The first-order valence-electron chi connectivity index (χ1n) is 12.7. The fourth-order valence-electron chi connectivity index (χ4n) is 2.72. The molecule has 1 saturated heterocycles. The van der Waals surface area contributed by atoms with Crippen molar-refractivity contribution in [1.29, 1.82) is 0 Å². The molecule has 0 bridgehead atoms. The molecule has 1 fully saturated rings. The molecule has 0 aliphatic carbocycles. The van der Waals surface area contributed by atoms with E-state index in [0.29, 0.717) is 19.6 Å². The second kappa shape index (κ2) is 31.0. The number of carbonyl (C=O) groups excluding carboxylic acids is 2. The second-order valence-corrected chi connectivity index (χ2v) is 6.27. The van der Waals surface area contributed by atoms with Crippen LogP contribution in [0.4, 0.5) is 0 Å². The minimum Gasteiger partial charge on any atom is -0.466 e. The molecule has 31 heavy (non-hydrogen) atoms. The number of nitrogens with zero attached hydrogens (tertiary/aromatic N) is 2. The third kappa shape index (κ3) is 25.0. The van der Waals surface area contributed by atoms with Gasteiger partial charge in [0, 0.05) is 6.42 Å². The highest BCUT2D eigenvalue weighted by Crippen LogP contribution is 2.17. The van der Waals surface area contributed by atoms with Crippen LogP contribution in [0.1, 0.15) is 94.9 Å². The molecule has 0 N–H and O–H groups in total. The summed E-state index contributed by atoms with van der Waals surface area (Å²) in [7, 11) is 2.08. The van der Waals surface area contributed by atoms with E-state index in [1.54, 1.807) is 0 Å². The highest BCUT2D eigenvalue weighted by molar-refractivity contribution is 5.72. The second-order valence-electron chi connectivity index (χ2n) is 6.27. The minimum atomic E-state index is -0.0744. The molecule has 1 aliphatic rings. The van der Waals surface area contributed by atoms with Gasteiger partial charge in [0.2, 0.25) is 0 Å². The Morgan fingerprint density at radius 1 is 0.839 bits per heavy atom. The number of esters is 2. The minimum absolute atomic E-state index is 0.00870. The molecule has 0 spiro atoms. The summed E-state index contributed by atoms with van der Waals surface area (Å²) in [6.45, 7) is 26.1. The summed E-state index contributed by atoms with van der Waals surface area (Å²) in [5.41, 5.74) is 0. The van der Waals surface area contributed by atoms with E-state index in [1.807, 2.05) is 55.4 Å². The van der Waals surface area contributed by atoms with E-state index < -0.39 is 0 Å². The fraction of sp³-hybridized carbons (Fsp3) is 0.920. The Hall–Kier alpha value is -1.14. The number of hydrogen-bond acceptors (Lipinski definition) is 6. The van der Waals surface area contributed by atoms with Gasteiger partial charge < -0.3 is 19.3 Å². The monoisotopic (exact) mass is 448 g/mol. The third-order valence-corrected chi connectivity index (χ3v) is 4.39. The summed E-state index contributed by atoms with van der Waals surface area (Å²) in [6.07, 6.45) is 3.36. The van der Waals surface area contributed by atoms with E-state index in [1.165, 1.54) is 0 Å². The van der Waals surface area contributed by atoms with Crippen LogP contribution in [0.2, 0.25) is 0 Å². The number of likely N-dealkylation sites (tertiary alicyclic amines) is 1. The summed E-state index contributed by atoms with van der Waals surface area (Å²) in [6, 6.07) is 0. The number of carbonyl (C=O) groups is 2. The quantitative estimate of drug-likeness (QED) is 0.425. The van der Waals surface area contributed by atoms with Crippen molar-refractivity contribution in [2.75, 3.05) is 53.0 Å². The maximum atomic E-state index is 11.3. The molecular formula is C25H56N2O4. The van der Waals surface area contributed by atoms with E-state index in [4.69, 9.17) is 9.47 Å². The van der Waals surface area contributed by atoms with Crippen LogP contribution in [-0.4, -0.2) is 74.7 Å². The summed E-state index contributed by atoms with van der Waals surface area (Å²) in [5, 5.41) is 0. The van der Waals surface area contributed by atoms with E-state index >= 15 is 0 Å². The topological polar surface area (TPSA) is 59.1 Å². The lowest BCUT2D eigenvalue weighted by Gasteiger charge is -2.27. The Morgan fingerprint density at radius 2 is 1.29 bits per heavy atom. The van der Waals surface area contributed by atoms with Crippen molar-refractivity contribution >= 4 is 11.9 Å². The first kappa shape index (κ1) is 37.2. The van der Waals surface area contributed by atoms with Crippen LogP contribution in [0.5, 0.6) is 0 Å². The van der Waals surface area contributed by atoms with Crippen molar-refractivity contribution in [2.24, 2.45) is 5.92 Å². The van der Waals surface area contributed by atoms with Crippen molar-refractivity contribution in [3.8, 4) is 0 Å². The van der Waals surface area contributed by atoms with E-state index in [2.05, 4.69) is 30.7 Å². The van der Waals surface area contributed by atoms with Crippen molar-refractivity contribution in [3.63, 3.8) is 0 Å². The molecule has 0 aromatic carbocycles. The van der Waals surface area contributed by atoms with Crippen molar-refractivity contribution in [3.05, 3.63) is 0 Å². The zero-order valence-corrected chi connectivity index (χ0v) is 22.9. The van der Waals surface area contributed by atoms with E-state index in [0.717, 1.165) is 52.0 Å². The van der Waals surface area contributed by atoms with Gasteiger partial charge in [-0.15, -0.1) is 0 Å². The highest BCUT2D eigenvalue weighted by atomic mass is 16.5. The molecule has 0 aromatic heterocycles. The standard InChI is InChI=1S/C10H21NO2.C9H17NO2.3C2H6/c1-4-11(5-2)9-7-8-10(12)13-6-3;1-3-12-9(11)8-4-6-10(2)7-5-8;3*1-2/h4-9H2,1-3H3;8H,3-7H2,1-2H3;3*1-2H3. The van der Waals surface area contributed by atoms with Crippen LogP contribution < -0.4 is 0 Å². The normalized spacial score (nSPS) is 13.0. The smallest absolute Gasteiger partial charge is 0.309 e. The summed E-state index contributed by atoms with van der Waals surface area (Å²) in [5.74, 6) is 0.0707. The molecule has 1 aliphatic heterocycles. The van der Waals surface area contributed by atoms with Gasteiger partial charge in [0.1, 0.15) is 0 Å². The SMILES string of the molecule is CC.CC.CC.CCOC(=O)C1CCN(C)CC1.CCOC(=O)CCCN(CC)CC. The summed E-state index contributed by atoms with van der Waals surface area (Å²) < 4.78 is 9.79. The summed E-state index contributed by atoms with van der Waals surface area (Å²) in [4.78, 5) is 26.8. The molecule has 0 radical (unpaired) electrons. The molecule has 190 valence electrons. The van der Waals surface area contributed by atoms with Crippen LogP contribution in [0.25, 0.3) is 0 Å². The zero-order chi connectivity index (χ0) is 25.1. The van der Waals surface area contributed by atoms with Crippen LogP contribution >= 0.6 is 0 Å².